The molecule has 0 radical (unpaired) electrons. The number of phosphoric acid groups is 2. The van der Waals surface area contributed by atoms with Crippen molar-refractivity contribution in [1.29, 1.82) is 0 Å². The number of aliphatic hydroxyl groups is 1. The van der Waals surface area contributed by atoms with Crippen molar-refractivity contribution < 1.29 is 80.2 Å². The fourth-order valence-corrected chi connectivity index (χ4v) is 15.2. The van der Waals surface area contributed by atoms with E-state index >= 15 is 0 Å². The summed E-state index contributed by atoms with van der Waals surface area (Å²) in [6.45, 7) is 14.4. The van der Waals surface area contributed by atoms with Crippen LogP contribution >= 0.6 is 15.6 Å². The van der Waals surface area contributed by atoms with Crippen LogP contribution in [0.15, 0.2) is 0 Å². The first kappa shape index (κ1) is 105. The summed E-state index contributed by atoms with van der Waals surface area (Å²) < 4.78 is 69.0. The molecule has 4 unspecified atom stereocenters. The molecule has 0 aliphatic rings. The first-order valence-corrected chi connectivity index (χ1v) is 48.3. The molecule has 0 amide bonds. The van der Waals surface area contributed by atoms with E-state index in [1.54, 1.807) is 0 Å². The molecule has 0 aliphatic heterocycles. The smallest absolute Gasteiger partial charge is 0.462 e. The van der Waals surface area contributed by atoms with Crippen LogP contribution in [0.2, 0.25) is 0 Å². The predicted molar refractivity (Wildman–Crippen MR) is 441 cm³/mol. The van der Waals surface area contributed by atoms with E-state index in [1.807, 2.05) is 0 Å². The number of esters is 4. The van der Waals surface area contributed by atoms with Crippen LogP contribution in [0.3, 0.4) is 0 Å². The summed E-state index contributed by atoms with van der Waals surface area (Å²) in [6.07, 6.45) is 66.6. The van der Waals surface area contributed by atoms with E-state index in [2.05, 4.69) is 55.4 Å². The van der Waals surface area contributed by atoms with Crippen molar-refractivity contribution in [2.45, 2.75) is 478 Å². The van der Waals surface area contributed by atoms with Gasteiger partial charge in [-0.05, 0) is 49.4 Å². The summed E-state index contributed by atoms with van der Waals surface area (Å²) in [5.74, 6) is 1.10. The van der Waals surface area contributed by atoms with Gasteiger partial charge in [-0.15, -0.1) is 0 Å². The molecule has 0 aromatic heterocycles. The minimum absolute atomic E-state index is 0.107. The highest BCUT2D eigenvalue weighted by Gasteiger charge is 2.31. The second-order valence-corrected chi connectivity index (χ2v) is 36.0. The topological polar surface area (TPSA) is 237 Å². The Hall–Kier alpha value is -1.94. The Bertz CT molecular complexity index is 2080. The third kappa shape index (κ3) is 79.1. The zero-order valence-electron chi connectivity index (χ0n) is 70.8. The van der Waals surface area contributed by atoms with Crippen LogP contribution in [-0.2, 0) is 65.4 Å². The Balaban J connectivity index is 5.24. The maximum Gasteiger partial charge on any atom is 0.472 e. The summed E-state index contributed by atoms with van der Waals surface area (Å²) in [6, 6.07) is 0. The lowest BCUT2D eigenvalue weighted by atomic mass is 9.99. The van der Waals surface area contributed by atoms with E-state index < -0.39 is 97.5 Å². The number of hydrogen-bond donors (Lipinski definition) is 3. The van der Waals surface area contributed by atoms with Gasteiger partial charge in [-0.25, -0.2) is 9.13 Å². The van der Waals surface area contributed by atoms with Crippen LogP contribution in [0.25, 0.3) is 0 Å². The predicted octanol–water partition coefficient (Wildman–Crippen LogP) is 26.7. The summed E-state index contributed by atoms with van der Waals surface area (Å²) in [5.41, 5.74) is 0. The molecule has 636 valence electrons. The van der Waals surface area contributed by atoms with E-state index in [4.69, 9.17) is 37.0 Å². The molecule has 0 heterocycles. The molecule has 0 spiro atoms. The molecular formula is C88H172O17P2. The lowest BCUT2D eigenvalue weighted by molar-refractivity contribution is -0.161. The van der Waals surface area contributed by atoms with E-state index in [9.17, 15) is 43.2 Å². The molecule has 0 aromatic carbocycles. The van der Waals surface area contributed by atoms with Gasteiger partial charge in [0.15, 0.2) is 12.2 Å². The van der Waals surface area contributed by atoms with Gasteiger partial charge in [0.2, 0.25) is 0 Å². The van der Waals surface area contributed by atoms with Crippen molar-refractivity contribution in [3.8, 4) is 0 Å². The monoisotopic (exact) mass is 1560 g/mol. The molecule has 0 aromatic rings. The van der Waals surface area contributed by atoms with Crippen LogP contribution in [0.5, 0.6) is 0 Å². The number of ether oxygens (including phenoxy) is 4. The van der Waals surface area contributed by atoms with Gasteiger partial charge in [0, 0.05) is 25.7 Å². The Kier molecular flexibility index (Phi) is 75.3. The highest BCUT2D eigenvalue weighted by atomic mass is 31.2. The highest BCUT2D eigenvalue weighted by Crippen LogP contribution is 2.45. The lowest BCUT2D eigenvalue weighted by Gasteiger charge is -2.21. The van der Waals surface area contributed by atoms with Gasteiger partial charge in [0.25, 0.3) is 0 Å². The lowest BCUT2D eigenvalue weighted by Crippen LogP contribution is -2.30. The number of rotatable bonds is 85. The fourth-order valence-electron chi connectivity index (χ4n) is 13.6. The molecule has 3 N–H and O–H groups in total. The molecule has 17 nitrogen and oxygen atoms in total. The Morgan fingerprint density at radius 1 is 0.262 bits per heavy atom. The number of phosphoric ester groups is 2. The maximum absolute atomic E-state index is 13.2. The molecule has 7 atom stereocenters. The Labute approximate surface area is 658 Å². The quantitative estimate of drug-likeness (QED) is 0.0222. The minimum atomic E-state index is -4.97. The summed E-state index contributed by atoms with van der Waals surface area (Å²) >= 11 is 0. The highest BCUT2D eigenvalue weighted by molar-refractivity contribution is 7.47. The Morgan fingerprint density at radius 2 is 0.449 bits per heavy atom. The summed E-state index contributed by atoms with van der Waals surface area (Å²) in [5, 5.41) is 10.7. The van der Waals surface area contributed by atoms with Crippen LogP contribution in [0, 0.1) is 23.7 Å². The molecule has 0 rings (SSSR count). The van der Waals surface area contributed by atoms with Gasteiger partial charge < -0.3 is 33.8 Å². The van der Waals surface area contributed by atoms with Crippen LogP contribution in [-0.4, -0.2) is 96.7 Å². The number of aliphatic hydroxyl groups excluding tert-OH is 1. The maximum atomic E-state index is 13.2. The zero-order valence-corrected chi connectivity index (χ0v) is 72.6. The van der Waals surface area contributed by atoms with Crippen molar-refractivity contribution in [3.05, 3.63) is 0 Å². The zero-order chi connectivity index (χ0) is 78.8. The van der Waals surface area contributed by atoms with Crippen molar-refractivity contribution in [2.75, 3.05) is 39.6 Å². The van der Waals surface area contributed by atoms with Crippen LogP contribution in [0.4, 0.5) is 0 Å². The van der Waals surface area contributed by atoms with Crippen LogP contribution < -0.4 is 0 Å². The standard InChI is InChI=1S/C88H172O17P2/c1-9-80(7)66-58-50-42-36-30-24-20-21-27-33-39-45-55-63-71-88(93)105-84(75-99-86(91)69-61-53-47-46-51-59-67-81(8)10-2)77-103-107(96,97)101-73-82(89)72-100-106(94,95)102-76-83(74-98-85(90)68-60-52-43-37-31-25-19-15-17-23-29-35-41-49-57-65-79(5)6)104-87(92)70-62-54-44-38-32-26-18-14-12-11-13-16-22-28-34-40-48-56-64-78(3)4/h78-84,89H,9-77H2,1-8H3,(H,94,95)(H,96,97)/t80?,81?,82-,83-,84-/m1/s1. The van der Waals surface area contributed by atoms with Gasteiger partial charge in [0.1, 0.15) is 19.3 Å². The average molecular weight is 1560 g/mol. The SMILES string of the molecule is CCC(C)CCCCCCCCCCCCCCCCC(=O)O[C@H](COC(=O)CCCCCCCCC(C)CC)COP(=O)(O)OC[C@H](O)COP(=O)(O)OC[C@@H](COC(=O)CCCCCCCCCCCCCCCCCC(C)C)OC(=O)CCCCCCCCCCCCCCCCCCCCC(C)C. The average Bonchev–Trinajstić information content (AvgIpc) is 0.902. The fraction of sp³-hybridized carbons (Fsp3) is 0.955. The van der Waals surface area contributed by atoms with Gasteiger partial charge >= 0.3 is 39.5 Å². The minimum Gasteiger partial charge on any atom is -0.462 e. The molecule has 107 heavy (non-hydrogen) atoms. The molecule has 19 heteroatoms. The summed E-state index contributed by atoms with van der Waals surface area (Å²) in [4.78, 5) is 73.3. The number of carbonyl (C=O) groups excluding carboxylic acids is 4. The molecule has 0 saturated heterocycles. The normalized spacial score (nSPS) is 14.4. The van der Waals surface area contributed by atoms with E-state index in [-0.39, 0.29) is 25.7 Å². The number of unbranched alkanes of at least 4 members (excludes halogenated alkanes) is 49. The van der Waals surface area contributed by atoms with Gasteiger partial charge in [-0.1, -0.05) is 409 Å². The van der Waals surface area contributed by atoms with Gasteiger partial charge in [-0.2, -0.15) is 0 Å². The van der Waals surface area contributed by atoms with Crippen LogP contribution in [0.1, 0.15) is 460 Å². The second kappa shape index (κ2) is 76.7. The molecule has 0 aliphatic carbocycles. The number of carbonyl (C=O) groups is 4. The summed E-state index contributed by atoms with van der Waals surface area (Å²) in [7, 11) is -9.93. The van der Waals surface area contributed by atoms with Crippen molar-refractivity contribution >= 4 is 39.5 Å². The van der Waals surface area contributed by atoms with E-state index in [0.717, 1.165) is 120 Å². The number of hydrogen-bond acceptors (Lipinski definition) is 15. The molecular weight excluding hydrogens is 1390 g/mol. The molecule has 0 saturated carbocycles. The second-order valence-electron chi connectivity index (χ2n) is 33.1. The van der Waals surface area contributed by atoms with E-state index in [1.165, 1.54) is 257 Å². The first-order chi connectivity index (χ1) is 51.7. The third-order valence-electron chi connectivity index (χ3n) is 21.3. The molecule has 0 bridgehead atoms. The largest absolute Gasteiger partial charge is 0.472 e. The first-order valence-electron chi connectivity index (χ1n) is 45.3. The van der Waals surface area contributed by atoms with Crippen molar-refractivity contribution in [2.24, 2.45) is 23.7 Å². The third-order valence-corrected chi connectivity index (χ3v) is 23.2. The Morgan fingerprint density at radius 3 is 0.664 bits per heavy atom. The van der Waals surface area contributed by atoms with Gasteiger partial charge in [0.05, 0.1) is 26.4 Å². The molecule has 0 fully saturated rings. The van der Waals surface area contributed by atoms with Gasteiger partial charge in [-0.3, -0.25) is 37.3 Å². The van der Waals surface area contributed by atoms with Crippen molar-refractivity contribution in [3.63, 3.8) is 0 Å². The van der Waals surface area contributed by atoms with Crippen molar-refractivity contribution in [1.82, 2.24) is 0 Å². The van der Waals surface area contributed by atoms with E-state index in [0.29, 0.717) is 25.7 Å².